The van der Waals surface area contributed by atoms with Gasteiger partial charge in [-0.05, 0) is 37.3 Å². The summed E-state index contributed by atoms with van der Waals surface area (Å²) in [5, 5.41) is 10.4. The zero-order valence-electron chi connectivity index (χ0n) is 13.3. The average Bonchev–Trinajstić information content (AvgIpc) is 2.42. The third kappa shape index (κ3) is 3.61. The molecule has 0 aliphatic carbocycles. The number of thioether (sulfide) groups is 1. The Labute approximate surface area is 131 Å². The first-order chi connectivity index (χ1) is 9.75. The highest BCUT2D eigenvalue weighted by Crippen LogP contribution is 2.38. The molecule has 3 nitrogen and oxygen atoms in total. The molecule has 1 aromatic rings. The molecule has 1 saturated heterocycles. The Morgan fingerprint density at radius 3 is 2.43 bits per heavy atom. The van der Waals surface area contributed by atoms with Gasteiger partial charge in [-0.2, -0.15) is 0 Å². The first-order valence-electron chi connectivity index (χ1n) is 7.38. The van der Waals surface area contributed by atoms with Gasteiger partial charge in [-0.3, -0.25) is 4.79 Å². The van der Waals surface area contributed by atoms with Crippen molar-refractivity contribution < 1.29 is 9.90 Å². The van der Waals surface area contributed by atoms with Gasteiger partial charge in [-0.15, -0.1) is 11.8 Å². The predicted octanol–water partition coefficient (Wildman–Crippen LogP) is 2.96. The van der Waals surface area contributed by atoms with E-state index in [2.05, 4.69) is 12.1 Å². The molecule has 0 unspecified atom stereocenters. The molecule has 21 heavy (non-hydrogen) atoms. The van der Waals surface area contributed by atoms with E-state index in [1.165, 1.54) is 4.90 Å². The summed E-state index contributed by atoms with van der Waals surface area (Å²) in [6.45, 7) is 7.18. The molecule has 116 valence electrons. The number of rotatable bonds is 3. The monoisotopic (exact) mass is 307 g/mol. The fraction of sp³-hybridized carbons (Fsp3) is 0.588. The number of hydrogen-bond acceptors (Lipinski definition) is 3. The van der Waals surface area contributed by atoms with Crippen LogP contribution < -0.4 is 0 Å². The van der Waals surface area contributed by atoms with Gasteiger partial charge in [0.25, 0.3) is 0 Å². The molecular formula is C17H25NO2S. The van der Waals surface area contributed by atoms with E-state index < -0.39 is 5.60 Å². The number of likely N-dealkylation sites (tertiary alicyclic amines) is 1. The number of benzene rings is 1. The summed E-state index contributed by atoms with van der Waals surface area (Å²) in [4.78, 5) is 15.6. The van der Waals surface area contributed by atoms with E-state index >= 15 is 0 Å². The van der Waals surface area contributed by atoms with Crippen LogP contribution in [-0.2, 0) is 11.2 Å². The summed E-state index contributed by atoms with van der Waals surface area (Å²) in [5.41, 5.74) is 0.0702. The van der Waals surface area contributed by atoms with Crippen LogP contribution in [0.3, 0.4) is 0 Å². The summed E-state index contributed by atoms with van der Waals surface area (Å²) in [6.07, 6.45) is 3.12. The summed E-state index contributed by atoms with van der Waals surface area (Å²) < 4.78 is 0. The van der Waals surface area contributed by atoms with Crippen LogP contribution in [0.25, 0.3) is 0 Å². The minimum Gasteiger partial charge on any atom is -0.389 e. The van der Waals surface area contributed by atoms with E-state index in [0.29, 0.717) is 25.9 Å². The van der Waals surface area contributed by atoms with Gasteiger partial charge in [0, 0.05) is 23.4 Å². The Bertz CT molecular complexity index is 508. The van der Waals surface area contributed by atoms with Crippen molar-refractivity contribution in [2.45, 2.75) is 44.1 Å². The smallest absolute Gasteiger partial charge is 0.227 e. The van der Waals surface area contributed by atoms with Crippen LogP contribution in [-0.4, -0.2) is 40.9 Å². The summed E-state index contributed by atoms with van der Waals surface area (Å²) in [6, 6.07) is 8.15. The summed E-state index contributed by atoms with van der Waals surface area (Å²) in [7, 11) is 0. The fourth-order valence-electron chi connectivity index (χ4n) is 2.66. The predicted molar refractivity (Wildman–Crippen MR) is 87.5 cm³/mol. The van der Waals surface area contributed by atoms with Crippen LogP contribution in [0.15, 0.2) is 29.2 Å². The Morgan fingerprint density at radius 2 is 1.90 bits per heavy atom. The van der Waals surface area contributed by atoms with Gasteiger partial charge < -0.3 is 10.0 Å². The lowest BCUT2D eigenvalue weighted by atomic mass is 9.71. The van der Waals surface area contributed by atoms with Crippen LogP contribution in [0.4, 0.5) is 0 Å². The van der Waals surface area contributed by atoms with Crippen molar-refractivity contribution in [2.75, 3.05) is 19.3 Å². The van der Waals surface area contributed by atoms with Crippen LogP contribution in [0, 0.1) is 5.41 Å². The molecule has 4 heteroatoms. The molecule has 1 atom stereocenters. The summed E-state index contributed by atoms with van der Waals surface area (Å²) >= 11 is 1.70. The Balaban J connectivity index is 2.00. The number of piperidine rings is 1. The van der Waals surface area contributed by atoms with E-state index in [1.807, 2.05) is 44.1 Å². The maximum atomic E-state index is 12.5. The molecule has 1 amide bonds. The zero-order chi connectivity index (χ0) is 15.7. The molecule has 0 bridgehead atoms. The van der Waals surface area contributed by atoms with Gasteiger partial charge in [-0.1, -0.05) is 26.0 Å². The number of hydrogen-bond donors (Lipinski definition) is 1. The van der Waals surface area contributed by atoms with Gasteiger partial charge in [0.05, 0.1) is 12.0 Å². The van der Waals surface area contributed by atoms with E-state index in [0.717, 1.165) is 5.56 Å². The van der Waals surface area contributed by atoms with Crippen LogP contribution in [0.2, 0.25) is 0 Å². The lowest BCUT2D eigenvalue weighted by Crippen LogP contribution is -2.57. The molecule has 0 saturated carbocycles. The minimum atomic E-state index is -0.705. The van der Waals surface area contributed by atoms with Gasteiger partial charge in [-0.25, -0.2) is 0 Å². The molecule has 1 heterocycles. The van der Waals surface area contributed by atoms with Crippen LogP contribution in [0.1, 0.15) is 32.8 Å². The van der Waals surface area contributed by atoms with Crippen molar-refractivity contribution in [1.29, 1.82) is 0 Å². The minimum absolute atomic E-state index is 0.149. The van der Waals surface area contributed by atoms with Crippen molar-refractivity contribution in [2.24, 2.45) is 5.41 Å². The van der Waals surface area contributed by atoms with Crippen molar-refractivity contribution in [3.63, 3.8) is 0 Å². The van der Waals surface area contributed by atoms with Crippen molar-refractivity contribution in [3.8, 4) is 0 Å². The molecule has 1 N–H and O–H groups in total. The van der Waals surface area contributed by atoms with Crippen LogP contribution in [0.5, 0.6) is 0 Å². The third-order valence-corrected chi connectivity index (χ3v) is 5.52. The Hall–Kier alpha value is -1.00. The van der Waals surface area contributed by atoms with Crippen molar-refractivity contribution >= 4 is 17.7 Å². The molecule has 0 aromatic heterocycles. The maximum absolute atomic E-state index is 12.5. The number of aliphatic hydroxyl groups is 1. The fourth-order valence-corrected chi connectivity index (χ4v) is 3.07. The second-order valence-electron chi connectivity index (χ2n) is 6.75. The van der Waals surface area contributed by atoms with Gasteiger partial charge in [0.2, 0.25) is 5.91 Å². The van der Waals surface area contributed by atoms with Crippen molar-refractivity contribution in [3.05, 3.63) is 29.8 Å². The molecule has 1 aromatic carbocycles. The highest BCUT2D eigenvalue weighted by atomic mass is 32.2. The molecule has 1 fully saturated rings. The van der Waals surface area contributed by atoms with Gasteiger partial charge in [0.15, 0.2) is 0 Å². The van der Waals surface area contributed by atoms with Gasteiger partial charge >= 0.3 is 0 Å². The average molecular weight is 307 g/mol. The first kappa shape index (κ1) is 16.4. The molecular weight excluding hydrogens is 282 g/mol. The Kier molecular flexibility index (Phi) is 4.69. The molecule has 1 aliphatic heterocycles. The molecule has 2 rings (SSSR count). The standard InChI is InChI=1S/C17H25NO2S/c1-16(2)12-18(10-9-17(16,3)20)15(19)11-13-5-7-14(21-4)8-6-13/h5-8,20H,9-12H2,1-4H3/t17-/m1/s1. The lowest BCUT2D eigenvalue weighted by Gasteiger charge is -2.48. The largest absolute Gasteiger partial charge is 0.389 e. The van der Waals surface area contributed by atoms with Crippen molar-refractivity contribution in [1.82, 2.24) is 4.90 Å². The van der Waals surface area contributed by atoms with Crippen LogP contribution >= 0.6 is 11.8 Å². The normalized spacial score (nSPS) is 24.9. The number of carbonyl (C=O) groups is 1. The Morgan fingerprint density at radius 1 is 1.29 bits per heavy atom. The summed E-state index contributed by atoms with van der Waals surface area (Å²) in [5.74, 6) is 0.149. The lowest BCUT2D eigenvalue weighted by molar-refractivity contribution is -0.146. The number of amides is 1. The quantitative estimate of drug-likeness (QED) is 0.873. The van der Waals surface area contributed by atoms with E-state index in [9.17, 15) is 9.90 Å². The SMILES string of the molecule is CSc1ccc(CC(=O)N2CC[C@@](C)(O)C(C)(C)C2)cc1. The topological polar surface area (TPSA) is 40.5 Å². The third-order valence-electron chi connectivity index (χ3n) is 4.78. The zero-order valence-corrected chi connectivity index (χ0v) is 14.2. The number of carbonyl (C=O) groups excluding carboxylic acids is 1. The highest BCUT2D eigenvalue weighted by molar-refractivity contribution is 7.98. The molecule has 0 radical (unpaired) electrons. The second-order valence-corrected chi connectivity index (χ2v) is 7.63. The van der Waals surface area contributed by atoms with E-state index in [1.54, 1.807) is 11.8 Å². The second kappa shape index (κ2) is 6.01. The maximum Gasteiger partial charge on any atom is 0.227 e. The molecule has 1 aliphatic rings. The van der Waals surface area contributed by atoms with E-state index in [4.69, 9.17) is 0 Å². The van der Waals surface area contributed by atoms with Gasteiger partial charge in [0.1, 0.15) is 0 Å². The highest BCUT2D eigenvalue weighted by Gasteiger charge is 2.44. The molecule has 0 spiro atoms. The van der Waals surface area contributed by atoms with E-state index in [-0.39, 0.29) is 11.3 Å². The number of nitrogens with zero attached hydrogens (tertiary/aromatic N) is 1. The first-order valence-corrected chi connectivity index (χ1v) is 8.61.